The Labute approximate surface area is 120 Å². The average Bonchev–Trinajstić information content (AvgIpc) is 2.23. The fourth-order valence-electron chi connectivity index (χ4n) is 1.66. The number of benzene rings is 1. The van der Waals surface area contributed by atoms with E-state index in [2.05, 4.69) is 4.74 Å². The molecule has 1 aromatic rings. The molecule has 0 spiro atoms. The molecule has 0 saturated heterocycles. The van der Waals surface area contributed by atoms with Gasteiger partial charge in [-0.15, -0.1) is 0 Å². The van der Waals surface area contributed by atoms with Gasteiger partial charge in [-0.3, -0.25) is 0 Å². The summed E-state index contributed by atoms with van der Waals surface area (Å²) in [7, 11) is -7.52. The highest BCUT2D eigenvalue weighted by atomic mass is 32.3. The van der Waals surface area contributed by atoms with Gasteiger partial charge >= 0.3 is 6.18 Å². The molecule has 0 N–H and O–H groups in total. The quantitative estimate of drug-likeness (QED) is 0.823. The molecule has 6 nitrogen and oxygen atoms in total. The summed E-state index contributed by atoms with van der Waals surface area (Å²) < 4.78 is 88.9. The molecule has 0 aliphatic carbocycles. The first-order chi connectivity index (χ1) is 9.28. The summed E-state index contributed by atoms with van der Waals surface area (Å²) >= 11 is 0. The molecule has 1 aromatic carbocycles. The van der Waals surface area contributed by atoms with Crippen LogP contribution < -0.4 is 8.45 Å². The van der Waals surface area contributed by atoms with Crippen LogP contribution in [0.1, 0.15) is 5.56 Å². The Bertz CT molecular complexity index is 708. The standard InChI is InChI=1S/C10H12F3NO5S2/c1-19-9-6-7(4-5-8(9)10(11,12)13)14(20(2,15)16)21(3,17)18/h4-6H,1-3H3. The highest BCUT2D eigenvalue weighted by molar-refractivity contribution is 8.09. The monoisotopic (exact) mass is 347 g/mol. The topological polar surface area (TPSA) is 80.8 Å². The lowest BCUT2D eigenvalue weighted by Crippen LogP contribution is -2.35. The summed E-state index contributed by atoms with van der Waals surface area (Å²) in [6, 6.07) is 2.00. The number of anilines is 1. The van der Waals surface area contributed by atoms with Gasteiger partial charge in [0.25, 0.3) is 0 Å². The molecule has 0 atom stereocenters. The van der Waals surface area contributed by atoms with Crippen LogP contribution in [0.15, 0.2) is 18.2 Å². The maximum Gasteiger partial charge on any atom is 0.419 e. The zero-order chi connectivity index (χ0) is 16.6. The average molecular weight is 347 g/mol. The zero-order valence-corrected chi connectivity index (χ0v) is 12.8. The van der Waals surface area contributed by atoms with Crippen molar-refractivity contribution in [2.75, 3.05) is 23.3 Å². The largest absolute Gasteiger partial charge is 0.496 e. The Kier molecular flexibility index (Phi) is 4.49. The van der Waals surface area contributed by atoms with Crippen LogP contribution in [0.3, 0.4) is 0 Å². The third-order valence-corrected chi connectivity index (χ3v) is 5.55. The molecule has 0 aliphatic rings. The van der Waals surface area contributed by atoms with E-state index in [1.54, 1.807) is 0 Å². The fraction of sp³-hybridized carbons (Fsp3) is 0.400. The maximum absolute atomic E-state index is 12.7. The van der Waals surface area contributed by atoms with Gasteiger partial charge in [-0.2, -0.15) is 16.9 Å². The SMILES string of the molecule is COc1cc(N(S(C)(=O)=O)S(C)(=O)=O)ccc1C(F)(F)F. The molecular weight excluding hydrogens is 335 g/mol. The van der Waals surface area contributed by atoms with E-state index in [1.807, 2.05) is 0 Å². The molecule has 0 amide bonds. The van der Waals surface area contributed by atoms with Gasteiger partial charge in [0, 0.05) is 6.07 Å². The van der Waals surface area contributed by atoms with Crippen molar-refractivity contribution in [2.24, 2.45) is 0 Å². The number of hydrogen-bond acceptors (Lipinski definition) is 5. The van der Waals surface area contributed by atoms with Crippen molar-refractivity contribution in [1.82, 2.24) is 0 Å². The van der Waals surface area contributed by atoms with E-state index in [1.165, 1.54) is 0 Å². The number of methoxy groups -OCH3 is 1. The summed E-state index contributed by atoms with van der Waals surface area (Å²) in [6.07, 6.45) is -3.47. The van der Waals surface area contributed by atoms with E-state index in [0.29, 0.717) is 24.6 Å². The third kappa shape index (κ3) is 4.00. The summed E-state index contributed by atoms with van der Waals surface area (Å²) in [5, 5.41) is 0. The van der Waals surface area contributed by atoms with Gasteiger partial charge in [-0.1, -0.05) is 0 Å². The number of sulfonamides is 2. The first-order valence-corrected chi connectivity index (χ1v) is 8.94. The van der Waals surface area contributed by atoms with E-state index in [4.69, 9.17) is 0 Å². The normalized spacial score (nSPS) is 13.0. The van der Waals surface area contributed by atoms with Crippen molar-refractivity contribution in [3.63, 3.8) is 0 Å². The first kappa shape index (κ1) is 17.6. The van der Waals surface area contributed by atoms with Gasteiger partial charge in [-0.05, 0) is 12.1 Å². The van der Waals surface area contributed by atoms with Gasteiger partial charge in [0.2, 0.25) is 20.0 Å². The van der Waals surface area contributed by atoms with E-state index in [0.717, 1.165) is 13.2 Å². The van der Waals surface area contributed by atoms with Gasteiger partial charge in [0.15, 0.2) is 0 Å². The van der Waals surface area contributed by atoms with Gasteiger partial charge in [0.1, 0.15) is 5.75 Å². The van der Waals surface area contributed by atoms with Crippen molar-refractivity contribution in [2.45, 2.75) is 6.18 Å². The van der Waals surface area contributed by atoms with Gasteiger partial charge in [-0.25, -0.2) is 16.8 Å². The Hall–Kier alpha value is -1.49. The number of ether oxygens (including phenoxy) is 1. The molecule has 0 aliphatic heterocycles. The lowest BCUT2D eigenvalue weighted by atomic mass is 10.2. The molecule has 0 saturated carbocycles. The van der Waals surface area contributed by atoms with E-state index in [-0.39, 0.29) is 3.71 Å². The summed E-state index contributed by atoms with van der Waals surface area (Å²) in [4.78, 5) is 0. The molecule has 0 fully saturated rings. The van der Waals surface area contributed by atoms with Crippen LogP contribution in [0.2, 0.25) is 0 Å². The number of halogens is 3. The van der Waals surface area contributed by atoms with E-state index in [9.17, 15) is 30.0 Å². The van der Waals surface area contributed by atoms with Crippen LogP contribution in [0.5, 0.6) is 5.75 Å². The second kappa shape index (κ2) is 5.37. The minimum Gasteiger partial charge on any atom is -0.496 e. The molecule has 11 heteroatoms. The van der Waals surface area contributed by atoms with Crippen LogP contribution in [-0.2, 0) is 26.2 Å². The second-order valence-corrected chi connectivity index (χ2v) is 8.00. The number of hydrogen-bond donors (Lipinski definition) is 0. The molecule has 0 bridgehead atoms. The van der Waals surface area contributed by atoms with E-state index >= 15 is 0 Å². The predicted octanol–water partition coefficient (Wildman–Crippen LogP) is 1.44. The fourth-order valence-corrected chi connectivity index (χ4v) is 4.62. The summed E-state index contributed by atoms with van der Waals surface area (Å²) in [6.45, 7) is 0. The molecule has 0 unspecified atom stereocenters. The van der Waals surface area contributed by atoms with Crippen LogP contribution in [0.25, 0.3) is 0 Å². The smallest absolute Gasteiger partial charge is 0.419 e. The first-order valence-electron chi connectivity index (χ1n) is 5.24. The van der Waals surface area contributed by atoms with Crippen molar-refractivity contribution in [1.29, 1.82) is 0 Å². The van der Waals surface area contributed by atoms with Crippen LogP contribution in [-0.4, -0.2) is 36.5 Å². The Morgan fingerprint density at radius 1 is 1.05 bits per heavy atom. The number of nitrogens with zero attached hydrogens (tertiary/aromatic N) is 1. The van der Waals surface area contributed by atoms with E-state index < -0.39 is 43.2 Å². The van der Waals surface area contributed by atoms with Crippen molar-refractivity contribution in [3.8, 4) is 5.75 Å². The van der Waals surface area contributed by atoms with Crippen LogP contribution in [0, 0.1) is 0 Å². The molecule has 0 radical (unpaired) electrons. The lowest BCUT2D eigenvalue weighted by molar-refractivity contribution is -0.138. The minimum absolute atomic E-state index is 0.0304. The Morgan fingerprint density at radius 2 is 1.52 bits per heavy atom. The second-order valence-electron chi connectivity index (χ2n) is 4.11. The van der Waals surface area contributed by atoms with Crippen LogP contribution in [0.4, 0.5) is 18.9 Å². The third-order valence-electron chi connectivity index (χ3n) is 2.30. The Morgan fingerprint density at radius 3 is 1.86 bits per heavy atom. The highest BCUT2D eigenvalue weighted by Gasteiger charge is 2.36. The van der Waals surface area contributed by atoms with Crippen molar-refractivity contribution in [3.05, 3.63) is 23.8 Å². The molecular formula is C10H12F3NO5S2. The molecule has 1 rings (SSSR count). The summed E-state index contributed by atoms with van der Waals surface area (Å²) in [5.41, 5.74) is -1.61. The molecule has 21 heavy (non-hydrogen) atoms. The Balaban J connectivity index is 3.59. The van der Waals surface area contributed by atoms with Crippen molar-refractivity contribution >= 4 is 25.7 Å². The molecule has 0 aromatic heterocycles. The zero-order valence-electron chi connectivity index (χ0n) is 11.2. The maximum atomic E-state index is 12.7. The number of alkyl halides is 3. The van der Waals surface area contributed by atoms with Gasteiger partial charge < -0.3 is 4.74 Å². The van der Waals surface area contributed by atoms with Crippen LogP contribution >= 0.6 is 0 Å². The summed E-state index contributed by atoms with van der Waals surface area (Å²) in [5.74, 6) is -0.683. The minimum atomic E-state index is -4.72. The van der Waals surface area contributed by atoms with Gasteiger partial charge in [0.05, 0.1) is 30.9 Å². The van der Waals surface area contributed by atoms with Crippen molar-refractivity contribution < 1.29 is 34.7 Å². The lowest BCUT2D eigenvalue weighted by Gasteiger charge is -2.21. The number of rotatable bonds is 4. The molecule has 120 valence electrons. The highest BCUT2D eigenvalue weighted by Crippen LogP contribution is 2.38. The predicted molar refractivity (Wildman–Crippen MR) is 70.2 cm³/mol. The molecule has 0 heterocycles.